The van der Waals surface area contributed by atoms with E-state index in [9.17, 15) is 4.79 Å². The summed E-state index contributed by atoms with van der Waals surface area (Å²) < 4.78 is 6.26. The molecule has 8 rings (SSSR count). The lowest BCUT2D eigenvalue weighted by molar-refractivity contribution is -0.0254. The number of carbonyl (C=O) groups is 1. The van der Waals surface area contributed by atoms with E-state index in [1.54, 1.807) is 6.20 Å². The van der Waals surface area contributed by atoms with Gasteiger partial charge in [-0.25, -0.2) is 9.78 Å². The number of ether oxygens (including phenoxy) is 1. The molecule has 3 aromatic rings. The van der Waals surface area contributed by atoms with Gasteiger partial charge in [0.05, 0.1) is 12.6 Å². The lowest BCUT2D eigenvalue weighted by Gasteiger charge is -2.42. The van der Waals surface area contributed by atoms with Crippen LogP contribution < -0.4 is 21.3 Å². The molecule has 5 N–H and O–H groups in total. The highest BCUT2D eigenvalue weighted by Gasteiger charge is 2.41. The molecule has 11 nitrogen and oxygen atoms in total. The van der Waals surface area contributed by atoms with Crippen molar-refractivity contribution >= 4 is 29.4 Å². The highest BCUT2D eigenvalue weighted by Crippen LogP contribution is 2.37. The number of carbonyl (C=O) groups excluding carboxylic acids is 1. The molecule has 2 saturated carbocycles. The number of aromatic nitrogens is 4. The first-order valence-corrected chi connectivity index (χ1v) is 14.1. The lowest BCUT2D eigenvalue weighted by atomic mass is 9.76. The van der Waals surface area contributed by atoms with E-state index in [4.69, 9.17) is 4.74 Å². The largest absolute Gasteiger partial charge is 0.363 e. The maximum Gasteiger partial charge on any atom is 0.319 e. The molecule has 2 atom stereocenters. The second-order valence-electron chi connectivity index (χ2n) is 11.2. The number of urea groups is 1. The van der Waals surface area contributed by atoms with Crippen molar-refractivity contribution in [2.45, 2.75) is 81.3 Å². The van der Waals surface area contributed by atoms with Gasteiger partial charge in [0.1, 0.15) is 23.7 Å². The molecular formula is C28H35N9O2. The minimum Gasteiger partial charge on any atom is -0.363 e. The van der Waals surface area contributed by atoms with E-state index < -0.39 is 0 Å². The molecule has 11 heteroatoms. The summed E-state index contributed by atoms with van der Waals surface area (Å²) in [5.41, 5.74) is 1.36. The van der Waals surface area contributed by atoms with Gasteiger partial charge in [-0.2, -0.15) is 10.1 Å². The number of H-pyrrole nitrogens is 1. The van der Waals surface area contributed by atoms with Gasteiger partial charge < -0.3 is 26.0 Å². The van der Waals surface area contributed by atoms with Crippen molar-refractivity contribution in [2.75, 3.05) is 22.6 Å². The monoisotopic (exact) mass is 529 g/mol. The Morgan fingerprint density at radius 3 is 2.67 bits per heavy atom. The minimum absolute atomic E-state index is 0.00576. The van der Waals surface area contributed by atoms with Crippen LogP contribution in [-0.4, -0.2) is 68.1 Å². The Labute approximate surface area is 227 Å². The molecule has 2 unspecified atom stereocenters. The molecule has 2 aliphatic carbocycles. The molecule has 3 fully saturated rings. The maximum atomic E-state index is 13.8. The van der Waals surface area contributed by atoms with Gasteiger partial charge in [-0.1, -0.05) is 30.3 Å². The van der Waals surface area contributed by atoms with Crippen molar-refractivity contribution in [2.24, 2.45) is 0 Å². The van der Waals surface area contributed by atoms with Crippen LogP contribution in [0.4, 0.5) is 28.2 Å². The van der Waals surface area contributed by atoms with Gasteiger partial charge in [0, 0.05) is 36.8 Å². The van der Waals surface area contributed by atoms with E-state index in [0.29, 0.717) is 30.7 Å². The summed E-state index contributed by atoms with van der Waals surface area (Å²) in [4.78, 5) is 24.8. The molecule has 1 saturated heterocycles. The van der Waals surface area contributed by atoms with E-state index in [2.05, 4.69) is 65.7 Å². The van der Waals surface area contributed by atoms with Crippen LogP contribution in [0.2, 0.25) is 0 Å². The van der Waals surface area contributed by atoms with Crippen molar-refractivity contribution in [1.29, 1.82) is 0 Å². The molecular weight excluding hydrogens is 494 g/mol. The first kappa shape index (κ1) is 24.2. The van der Waals surface area contributed by atoms with Gasteiger partial charge in [-0.05, 0) is 56.1 Å². The van der Waals surface area contributed by atoms with Crippen LogP contribution in [0.25, 0.3) is 0 Å². The number of anilines is 4. The average Bonchev–Trinajstić information content (AvgIpc) is 3.57. The molecule has 2 amide bonds. The molecule has 0 radical (unpaired) electrons. The first-order chi connectivity index (χ1) is 19.2. The molecule has 1 aromatic carbocycles. The van der Waals surface area contributed by atoms with E-state index >= 15 is 0 Å². The topological polar surface area (TPSA) is 132 Å². The van der Waals surface area contributed by atoms with E-state index in [1.807, 2.05) is 23.1 Å². The molecule has 8 bridgehead atoms. The van der Waals surface area contributed by atoms with Gasteiger partial charge >= 0.3 is 6.03 Å². The highest BCUT2D eigenvalue weighted by atomic mass is 16.5. The van der Waals surface area contributed by atoms with Gasteiger partial charge in [0.2, 0.25) is 5.95 Å². The SMILES string of the molecule is O=C(NC1CC(c2ccccc2)C1)N1C2CCC(CC2)Nc2nccc(n2)Nc2cc(n[nH]2)NC2COC1C2. The predicted molar refractivity (Wildman–Crippen MR) is 148 cm³/mol. The van der Waals surface area contributed by atoms with Gasteiger partial charge in [-0.3, -0.25) is 10.00 Å². The Bertz CT molecular complexity index is 1290. The second-order valence-corrected chi connectivity index (χ2v) is 11.2. The zero-order valence-electron chi connectivity index (χ0n) is 21.8. The third-order valence-electron chi connectivity index (χ3n) is 8.53. The Hall–Kier alpha value is -3.86. The lowest BCUT2D eigenvalue weighted by Crippen LogP contribution is -2.56. The number of fused-ring (bicyclic) bond motifs is 2. The fourth-order valence-electron chi connectivity index (χ4n) is 6.40. The summed E-state index contributed by atoms with van der Waals surface area (Å²) in [7, 11) is 0. The molecule has 0 spiro atoms. The molecule has 5 aliphatic rings. The third kappa shape index (κ3) is 5.23. The van der Waals surface area contributed by atoms with Crippen molar-refractivity contribution in [3.63, 3.8) is 0 Å². The molecule has 5 heterocycles. The summed E-state index contributed by atoms with van der Waals surface area (Å²) in [6, 6.07) is 15.0. The minimum atomic E-state index is -0.271. The van der Waals surface area contributed by atoms with E-state index in [0.717, 1.165) is 50.2 Å². The van der Waals surface area contributed by atoms with Gasteiger partial charge in [0.25, 0.3) is 0 Å². The van der Waals surface area contributed by atoms with Crippen LogP contribution in [-0.2, 0) is 4.74 Å². The predicted octanol–water partition coefficient (Wildman–Crippen LogP) is 4.16. The van der Waals surface area contributed by atoms with Crippen molar-refractivity contribution < 1.29 is 9.53 Å². The number of hydrogen-bond donors (Lipinski definition) is 5. The fraction of sp³-hybridized carbons (Fsp3) is 0.500. The van der Waals surface area contributed by atoms with Crippen LogP contribution in [0, 0.1) is 0 Å². The van der Waals surface area contributed by atoms with Crippen LogP contribution in [0.15, 0.2) is 48.7 Å². The number of amides is 2. The summed E-state index contributed by atoms with van der Waals surface area (Å²) in [6.07, 6.45) is 7.83. The Balaban J connectivity index is 1.08. The number of aromatic amines is 1. The Morgan fingerprint density at radius 2 is 1.82 bits per heavy atom. The second kappa shape index (κ2) is 10.4. The maximum absolute atomic E-state index is 13.8. The van der Waals surface area contributed by atoms with E-state index in [1.165, 1.54) is 5.56 Å². The van der Waals surface area contributed by atoms with Crippen LogP contribution in [0.5, 0.6) is 0 Å². The third-order valence-corrected chi connectivity index (χ3v) is 8.53. The zero-order chi connectivity index (χ0) is 26.2. The van der Waals surface area contributed by atoms with Crippen molar-refractivity contribution in [3.05, 3.63) is 54.2 Å². The quantitative estimate of drug-likeness (QED) is 0.334. The summed E-state index contributed by atoms with van der Waals surface area (Å²) in [6.45, 7) is 0.524. The zero-order valence-corrected chi connectivity index (χ0v) is 21.8. The van der Waals surface area contributed by atoms with E-state index in [-0.39, 0.29) is 36.4 Å². The Morgan fingerprint density at radius 1 is 0.974 bits per heavy atom. The normalized spacial score (nSPS) is 29.8. The van der Waals surface area contributed by atoms with Gasteiger partial charge in [-0.15, -0.1) is 0 Å². The number of benzene rings is 1. The number of nitrogens with zero attached hydrogens (tertiary/aromatic N) is 4. The average molecular weight is 530 g/mol. The molecule has 3 aliphatic heterocycles. The molecule has 204 valence electrons. The summed E-state index contributed by atoms with van der Waals surface area (Å²) in [5, 5.41) is 21.0. The fourth-order valence-corrected chi connectivity index (χ4v) is 6.40. The van der Waals surface area contributed by atoms with Crippen LogP contribution in [0.3, 0.4) is 0 Å². The first-order valence-electron chi connectivity index (χ1n) is 14.1. The number of rotatable bonds is 2. The number of nitrogens with one attached hydrogen (secondary N) is 5. The molecule has 39 heavy (non-hydrogen) atoms. The standard InChI is InChI=1S/C28H35N9O2/c38-28(32-20-12-18(13-20)17-4-2-1-3-5-17)37-22-8-6-19(7-9-22)31-27-29-11-10-23(34-27)33-25-15-24(35-36-25)30-21-14-26(37)39-16-21/h1-5,10-11,15,18-22,26H,6-9,12-14,16H2,(H,32,38)(H4,29,30,31,33,34,35,36). The van der Waals surface area contributed by atoms with Crippen LogP contribution >= 0.6 is 0 Å². The van der Waals surface area contributed by atoms with Crippen LogP contribution in [0.1, 0.15) is 56.4 Å². The Kier molecular flexibility index (Phi) is 6.43. The summed E-state index contributed by atoms with van der Waals surface area (Å²) in [5.74, 6) is 3.26. The summed E-state index contributed by atoms with van der Waals surface area (Å²) >= 11 is 0. The number of hydrogen-bond acceptors (Lipinski definition) is 8. The molecule has 2 aromatic heterocycles. The van der Waals surface area contributed by atoms with Gasteiger partial charge in [0.15, 0.2) is 0 Å². The smallest absolute Gasteiger partial charge is 0.319 e. The van der Waals surface area contributed by atoms with Crippen molar-refractivity contribution in [1.82, 2.24) is 30.4 Å². The highest BCUT2D eigenvalue weighted by molar-refractivity contribution is 5.75. The van der Waals surface area contributed by atoms with Crippen molar-refractivity contribution in [3.8, 4) is 0 Å².